The zero-order chi connectivity index (χ0) is 15.9. The first-order valence-electron chi connectivity index (χ1n) is 9.71. The Morgan fingerprint density at radius 2 is 1.48 bits per heavy atom. The fourth-order valence-corrected chi connectivity index (χ4v) is 6.24. The highest BCUT2D eigenvalue weighted by atomic mass is 16.2. The zero-order valence-electron chi connectivity index (χ0n) is 14.1. The summed E-state index contributed by atoms with van der Waals surface area (Å²) in [6.07, 6.45) is 12.5. The lowest BCUT2D eigenvalue weighted by atomic mass is 9.49. The number of carbonyl (C=O) groups excluding carboxylic acids is 2. The lowest BCUT2D eigenvalue weighted by molar-refractivity contribution is -0.146. The fraction of sp³-hybridized carbons (Fsp3) is 0.895. The molecule has 0 aliphatic heterocycles. The molecule has 5 aliphatic carbocycles. The van der Waals surface area contributed by atoms with Crippen LogP contribution in [0.5, 0.6) is 0 Å². The predicted molar refractivity (Wildman–Crippen MR) is 88.6 cm³/mol. The maximum absolute atomic E-state index is 12.8. The van der Waals surface area contributed by atoms with Gasteiger partial charge in [0, 0.05) is 24.4 Å². The Morgan fingerprint density at radius 3 is 2.04 bits per heavy atom. The smallest absolute Gasteiger partial charge is 0.226 e. The van der Waals surface area contributed by atoms with E-state index in [9.17, 15) is 9.59 Å². The molecule has 0 aromatic carbocycles. The molecule has 2 N–H and O–H groups in total. The Kier molecular flexibility index (Phi) is 4.10. The molecule has 2 amide bonds. The second-order valence-corrected chi connectivity index (χ2v) is 8.75. The van der Waals surface area contributed by atoms with Crippen molar-refractivity contribution in [3.05, 3.63) is 0 Å². The quantitative estimate of drug-likeness (QED) is 0.819. The molecular weight excluding hydrogens is 288 g/mol. The molecule has 128 valence electrons. The molecule has 5 rings (SSSR count). The van der Waals surface area contributed by atoms with Crippen LogP contribution >= 0.6 is 0 Å². The standard InChI is InChI=1S/C19H30N2O2/c22-17(21-16-3-1-2-4-16)5-6-20-18(23)19-10-13-7-14(11-19)9-15(8-13)12-19/h13-16H,1-12H2,(H,20,23)(H,21,22). The lowest BCUT2D eigenvalue weighted by Gasteiger charge is -2.55. The molecule has 0 radical (unpaired) electrons. The number of hydrogen-bond acceptors (Lipinski definition) is 2. The van der Waals surface area contributed by atoms with Crippen molar-refractivity contribution in [1.29, 1.82) is 0 Å². The summed E-state index contributed by atoms with van der Waals surface area (Å²) >= 11 is 0. The van der Waals surface area contributed by atoms with E-state index in [2.05, 4.69) is 10.6 Å². The van der Waals surface area contributed by atoms with Crippen molar-refractivity contribution in [2.75, 3.05) is 6.54 Å². The molecule has 0 heterocycles. The van der Waals surface area contributed by atoms with Crippen LogP contribution < -0.4 is 10.6 Å². The molecule has 4 bridgehead atoms. The predicted octanol–water partition coefficient (Wildman–Crippen LogP) is 2.77. The minimum absolute atomic E-state index is 0.0866. The van der Waals surface area contributed by atoms with Crippen molar-refractivity contribution in [1.82, 2.24) is 10.6 Å². The lowest BCUT2D eigenvalue weighted by Crippen LogP contribution is -2.53. The molecule has 0 atom stereocenters. The first-order valence-corrected chi connectivity index (χ1v) is 9.71. The third kappa shape index (κ3) is 3.14. The average molecular weight is 318 g/mol. The first kappa shape index (κ1) is 15.5. The van der Waals surface area contributed by atoms with Gasteiger partial charge in [-0.25, -0.2) is 0 Å². The minimum atomic E-state index is -0.0866. The van der Waals surface area contributed by atoms with Gasteiger partial charge in [-0.2, -0.15) is 0 Å². The van der Waals surface area contributed by atoms with Gasteiger partial charge >= 0.3 is 0 Å². The van der Waals surface area contributed by atoms with E-state index < -0.39 is 0 Å². The zero-order valence-corrected chi connectivity index (χ0v) is 14.1. The van der Waals surface area contributed by atoms with Crippen LogP contribution in [0.3, 0.4) is 0 Å². The van der Waals surface area contributed by atoms with Crippen LogP contribution in [0.2, 0.25) is 0 Å². The van der Waals surface area contributed by atoms with Crippen LogP contribution in [0.1, 0.15) is 70.6 Å². The molecule has 23 heavy (non-hydrogen) atoms. The highest BCUT2D eigenvalue weighted by molar-refractivity contribution is 5.84. The average Bonchev–Trinajstić information content (AvgIpc) is 2.98. The van der Waals surface area contributed by atoms with E-state index in [4.69, 9.17) is 0 Å². The van der Waals surface area contributed by atoms with E-state index in [0.29, 0.717) is 19.0 Å². The van der Waals surface area contributed by atoms with Gasteiger partial charge in [0.25, 0.3) is 0 Å². The second kappa shape index (κ2) is 6.10. The monoisotopic (exact) mass is 318 g/mol. The second-order valence-electron chi connectivity index (χ2n) is 8.75. The van der Waals surface area contributed by atoms with Crippen molar-refractivity contribution in [3.63, 3.8) is 0 Å². The topological polar surface area (TPSA) is 58.2 Å². The van der Waals surface area contributed by atoms with Crippen LogP contribution in [-0.2, 0) is 9.59 Å². The largest absolute Gasteiger partial charge is 0.355 e. The molecule has 5 fully saturated rings. The van der Waals surface area contributed by atoms with Crippen molar-refractivity contribution in [2.45, 2.75) is 76.7 Å². The van der Waals surface area contributed by atoms with Crippen LogP contribution in [-0.4, -0.2) is 24.4 Å². The van der Waals surface area contributed by atoms with Gasteiger partial charge in [-0.1, -0.05) is 12.8 Å². The summed E-state index contributed by atoms with van der Waals surface area (Å²) < 4.78 is 0. The van der Waals surface area contributed by atoms with Gasteiger partial charge in [0.05, 0.1) is 0 Å². The van der Waals surface area contributed by atoms with Crippen molar-refractivity contribution in [2.24, 2.45) is 23.2 Å². The number of rotatable bonds is 5. The molecule has 0 unspecified atom stereocenters. The Labute approximate surface area is 139 Å². The van der Waals surface area contributed by atoms with Crippen molar-refractivity contribution in [3.8, 4) is 0 Å². The van der Waals surface area contributed by atoms with E-state index in [1.165, 1.54) is 32.1 Å². The van der Waals surface area contributed by atoms with Crippen LogP contribution in [0.15, 0.2) is 0 Å². The Balaban J connectivity index is 1.25. The maximum Gasteiger partial charge on any atom is 0.226 e. The summed E-state index contributed by atoms with van der Waals surface area (Å²) in [4.78, 5) is 24.7. The third-order valence-corrected chi connectivity index (χ3v) is 6.88. The Bertz CT molecular complexity index is 446. The van der Waals surface area contributed by atoms with E-state index in [0.717, 1.165) is 49.9 Å². The summed E-state index contributed by atoms with van der Waals surface area (Å²) in [5.41, 5.74) is -0.0866. The molecule has 4 heteroatoms. The summed E-state index contributed by atoms with van der Waals surface area (Å²) in [6, 6.07) is 0.376. The maximum atomic E-state index is 12.8. The van der Waals surface area contributed by atoms with Crippen LogP contribution in [0.4, 0.5) is 0 Å². The number of hydrogen-bond donors (Lipinski definition) is 2. The Morgan fingerprint density at radius 1 is 0.913 bits per heavy atom. The highest BCUT2D eigenvalue weighted by Crippen LogP contribution is 2.60. The minimum Gasteiger partial charge on any atom is -0.355 e. The SMILES string of the molecule is O=C(CCNC(=O)C12CC3CC(CC(C3)C1)C2)NC1CCCC1. The summed E-state index contributed by atoms with van der Waals surface area (Å²) in [6.45, 7) is 0.499. The van der Waals surface area contributed by atoms with Gasteiger partial charge in [0.15, 0.2) is 0 Å². The normalized spacial score (nSPS) is 38.7. The summed E-state index contributed by atoms with van der Waals surface area (Å²) in [5, 5.41) is 6.19. The van der Waals surface area contributed by atoms with Gasteiger partial charge < -0.3 is 10.6 Å². The van der Waals surface area contributed by atoms with Gasteiger partial charge in [0.1, 0.15) is 0 Å². The van der Waals surface area contributed by atoms with Gasteiger partial charge in [-0.05, 0) is 69.1 Å². The van der Waals surface area contributed by atoms with E-state index >= 15 is 0 Å². The fourth-order valence-electron chi connectivity index (χ4n) is 6.24. The molecule has 0 aromatic rings. The molecule has 0 saturated heterocycles. The molecule has 5 saturated carbocycles. The molecular formula is C19H30N2O2. The molecule has 0 aromatic heterocycles. The van der Waals surface area contributed by atoms with Gasteiger partial charge in [-0.3, -0.25) is 9.59 Å². The van der Waals surface area contributed by atoms with E-state index in [-0.39, 0.29) is 17.2 Å². The molecule has 5 aliphatic rings. The number of amides is 2. The Hall–Kier alpha value is -1.06. The van der Waals surface area contributed by atoms with Gasteiger partial charge in [-0.15, -0.1) is 0 Å². The van der Waals surface area contributed by atoms with E-state index in [1.54, 1.807) is 0 Å². The summed E-state index contributed by atoms with van der Waals surface area (Å²) in [7, 11) is 0. The summed E-state index contributed by atoms with van der Waals surface area (Å²) in [5.74, 6) is 2.71. The number of carbonyl (C=O) groups is 2. The van der Waals surface area contributed by atoms with Crippen LogP contribution in [0, 0.1) is 23.2 Å². The highest BCUT2D eigenvalue weighted by Gasteiger charge is 2.54. The van der Waals surface area contributed by atoms with Gasteiger partial charge in [0.2, 0.25) is 11.8 Å². The van der Waals surface area contributed by atoms with Crippen molar-refractivity contribution >= 4 is 11.8 Å². The molecule has 0 spiro atoms. The first-order chi connectivity index (χ1) is 11.1. The van der Waals surface area contributed by atoms with Crippen molar-refractivity contribution < 1.29 is 9.59 Å². The van der Waals surface area contributed by atoms with E-state index in [1.807, 2.05) is 0 Å². The van der Waals surface area contributed by atoms with Crippen LogP contribution in [0.25, 0.3) is 0 Å². The number of nitrogens with one attached hydrogen (secondary N) is 2. The third-order valence-electron chi connectivity index (χ3n) is 6.88. The molecule has 4 nitrogen and oxygen atoms in total.